The Balaban J connectivity index is 1.71. The van der Waals surface area contributed by atoms with Gasteiger partial charge in [0, 0.05) is 6.42 Å². The molecule has 4 nitrogen and oxygen atoms in total. The van der Waals surface area contributed by atoms with Crippen LogP contribution in [0.1, 0.15) is 19.8 Å². The number of carbonyl (C=O) groups is 1. The second-order valence-electron chi connectivity index (χ2n) is 5.01. The zero-order chi connectivity index (χ0) is 17.4. The van der Waals surface area contributed by atoms with Crippen molar-refractivity contribution in [3.05, 3.63) is 53.3 Å². The number of benzene rings is 2. The number of rotatable bonds is 8. The van der Waals surface area contributed by atoms with Crippen molar-refractivity contribution in [3.8, 4) is 11.5 Å². The van der Waals surface area contributed by atoms with Crippen molar-refractivity contribution >= 4 is 23.2 Å². The number of hydrogen-bond donors (Lipinski definition) is 1. The molecule has 0 atom stereocenters. The second kappa shape index (κ2) is 9.13. The van der Waals surface area contributed by atoms with E-state index >= 15 is 0 Å². The van der Waals surface area contributed by atoms with Crippen LogP contribution in [0.5, 0.6) is 11.5 Å². The Labute approximate surface area is 145 Å². The first-order valence-electron chi connectivity index (χ1n) is 7.69. The molecule has 0 aliphatic heterocycles. The standard InChI is InChI=1S/C18H19ClFNO3/c1-2-23-13-8-10-14(11-9-13)24-12-4-7-17(22)21-16-6-3-5-15(19)18(16)20/h3,5-6,8-11H,2,4,7,12H2,1H3,(H,21,22). The lowest BCUT2D eigenvalue weighted by atomic mass is 10.2. The fourth-order valence-corrected chi connectivity index (χ4v) is 2.21. The molecule has 1 amide bonds. The van der Waals surface area contributed by atoms with E-state index in [1.807, 2.05) is 31.2 Å². The van der Waals surface area contributed by atoms with Crippen LogP contribution in [0.3, 0.4) is 0 Å². The Morgan fingerprint density at radius 1 is 1.12 bits per heavy atom. The molecular formula is C18H19ClFNO3. The minimum atomic E-state index is -0.627. The van der Waals surface area contributed by atoms with E-state index in [0.29, 0.717) is 25.4 Å². The quantitative estimate of drug-likeness (QED) is 0.703. The average molecular weight is 352 g/mol. The molecule has 0 aliphatic rings. The van der Waals surface area contributed by atoms with Crippen LogP contribution in [0.4, 0.5) is 10.1 Å². The first-order valence-corrected chi connectivity index (χ1v) is 8.07. The molecule has 0 saturated carbocycles. The van der Waals surface area contributed by atoms with Gasteiger partial charge in [0.2, 0.25) is 5.91 Å². The van der Waals surface area contributed by atoms with Crippen LogP contribution < -0.4 is 14.8 Å². The molecule has 2 rings (SSSR count). The summed E-state index contributed by atoms with van der Waals surface area (Å²) in [6.45, 7) is 2.92. The largest absolute Gasteiger partial charge is 0.494 e. The van der Waals surface area contributed by atoms with Gasteiger partial charge in [-0.05, 0) is 49.7 Å². The van der Waals surface area contributed by atoms with Crippen molar-refractivity contribution in [2.45, 2.75) is 19.8 Å². The number of anilines is 1. The van der Waals surface area contributed by atoms with E-state index in [4.69, 9.17) is 21.1 Å². The first kappa shape index (κ1) is 18.1. The highest BCUT2D eigenvalue weighted by molar-refractivity contribution is 6.31. The summed E-state index contributed by atoms with van der Waals surface area (Å²) in [6.07, 6.45) is 0.740. The highest BCUT2D eigenvalue weighted by Crippen LogP contribution is 2.22. The zero-order valence-electron chi connectivity index (χ0n) is 13.4. The van der Waals surface area contributed by atoms with Crippen molar-refractivity contribution in [3.63, 3.8) is 0 Å². The Hall–Kier alpha value is -2.27. The third-order valence-corrected chi connectivity index (χ3v) is 3.47. The fourth-order valence-electron chi connectivity index (χ4n) is 2.03. The molecule has 1 N–H and O–H groups in total. The van der Waals surface area contributed by atoms with Gasteiger partial charge in [0.15, 0.2) is 5.82 Å². The van der Waals surface area contributed by atoms with Crippen molar-refractivity contribution in [2.75, 3.05) is 18.5 Å². The summed E-state index contributed by atoms with van der Waals surface area (Å²) in [5.74, 6) is 0.581. The molecule has 128 valence electrons. The van der Waals surface area contributed by atoms with Crippen LogP contribution >= 0.6 is 11.6 Å². The lowest BCUT2D eigenvalue weighted by Gasteiger charge is -2.09. The maximum Gasteiger partial charge on any atom is 0.224 e. The minimum Gasteiger partial charge on any atom is -0.494 e. The molecule has 2 aromatic rings. The van der Waals surface area contributed by atoms with E-state index in [-0.39, 0.29) is 23.0 Å². The summed E-state index contributed by atoms with van der Waals surface area (Å²) in [5.41, 5.74) is 0.0833. The van der Waals surface area contributed by atoms with E-state index in [2.05, 4.69) is 5.32 Å². The molecular weight excluding hydrogens is 333 g/mol. The molecule has 0 heterocycles. The smallest absolute Gasteiger partial charge is 0.224 e. The molecule has 6 heteroatoms. The molecule has 2 aromatic carbocycles. The Morgan fingerprint density at radius 2 is 1.79 bits per heavy atom. The summed E-state index contributed by atoms with van der Waals surface area (Å²) < 4.78 is 24.6. The van der Waals surface area contributed by atoms with Gasteiger partial charge < -0.3 is 14.8 Å². The molecule has 0 unspecified atom stereocenters. The van der Waals surface area contributed by atoms with Crippen molar-refractivity contribution in [2.24, 2.45) is 0 Å². The van der Waals surface area contributed by atoms with Gasteiger partial charge in [0.1, 0.15) is 11.5 Å². The average Bonchev–Trinajstić information content (AvgIpc) is 2.58. The predicted molar refractivity (Wildman–Crippen MR) is 92.4 cm³/mol. The molecule has 0 bridgehead atoms. The van der Waals surface area contributed by atoms with Gasteiger partial charge in [0.25, 0.3) is 0 Å². The maximum atomic E-state index is 13.7. The number of ether oxygens (including phenoxy) is 2. The summed E-state index contributed by atoms with van der Waals surface area (Å²) in [7, 11) is 0. The van der Waals surface area contributed by atoms with Gasteiger partial charge in [-0.15, -0.1) is 0 Å². The predicted octanol–water partition coefficient (Wildman–Crippen LogP) is 4.68. The molecule has 0 fully saturated rings. The van der Waals surface area contributed by atoms with Crippen molar-refractivity contribution < 1.29 is 18.7 Å². The minimum absolute atomic E-state index is 0.0216. The van der Waals surface area contributed by atoms with Crippen LogP contribution in [0.15, 0.2) is 42.5 Å². The second-order valence-corrected chi connectivity index (χ2v) is 5.41. The summed E-state index contributed by atoms with van der Waals surface area (Å²) >= 11 is 5.67. The highest BCUT2D eigenvalue weighted by atomic mass is 35.5. The molecule has 0 radical (unpaired) electrons. The number of carbonyl (C=O) groups excluding carboxylic acids is 1. The topological polar surface area (TPSA) is 47.6 Å². The van der Waals surface area contributed by atoms with Crippen LogP contribution in [-0.2, 0) is 4.79 Å². The lowest BCUT2D eigenvalue weighted by molar-refractivity contribution is -0.116. The third-order valence-electron chi connectivity index (χ3n) is 3.18. The third kappa shape index (κ3) is 5.42. The number of nitrogens with one attached hydrogen (secondary N) is 1. The first-order chi connectivity index (χ1) is 11.6. The summed E-state index contributed by atoms with van der Waals surface area (Å²) in [6, 6.07) is 11.8. The van der Waals surface area contributed by atoms with Gasteiger partial charge in [-0.25, -0.2) is 4.39 Å². The van der Waals surface area contributed by atoms with Crippen LogP contribution in [0.2, 0.25) is 5.02 Å². The normalized spacial score (nSPS) is 10.3. The number of amides is 1. The zero-order valence-corrected chi connectivity index (χ0v) is 14.1. The molecule has 0 aliphatic carbocycles. The molecule has 0 aromatic heterocycles. The van der Waals surface area contributed by atoms with Gasteiger partial charge in [-0.2, -0.15) is 0 Å². The van der Waals surface area contributed by atoms with Crippen molar-refractivity contribution in [1.29, 1.82) is 0 Å². The van der Waals surface area contributed by atoms with Gasteiger partial charge >= 0.3 is 0 Å². The van der Waals surface area contributed by atoms with E-state index in [0.717, 1.165) is 5.75 Å². The number of halogens is 2. The monoisotopic (exact) mass is 351 g/mol. The summed E-state index contributed by atoms with van der Waals surface area (Å²) in [5, 5.41) is 2.48. The van der Waals surface area contributed by atoms with Crippen molar-refractivity contribution in [1.82, 2.24) is 0 Å². The van der Waals surface area contributed by atoms with Gasteiger partial charge in [-0.1, -0.05) is 17.7 Å². The van der Waals surface area contributed by atoms with Crippen LogP contribution in [-0.4, -0.2) is 19.1 Å². The number of hydrogen-bond acceptors (Lipinski definition) is 3. The van der Waals surface area contributed by atoms with E-state index in [1.165, 1.54) is 12.1 Å². The lowest BCUT2D eigenvalue weighted by Crippen LogP contribution is -2.13. The Kier molecular flexibility index (Phi) is 6.88. The fraction of sp³-hybridized carbons (Fsp3) is 0.278. The molecule has 0 spiro atoms. The molecule has 0 saturated heterocycles. The van der Waals surface area contributed by atoms with Gasteiger partial charge in [0.05, 0.1) is 23.9 Å². The van der Waals surface area contributed by atoms with E-state index in [1.54, 1.807) is 6.07 Å². The Morgan fingerprint density at radius 3 is 2.46 bits per heavy atom. The van der Waals surface area contributed by atoms with Gasteiger partial charge in [-0.3, -0.25) is 4.79 Å². The van der Waals surface area contributed by atoms with Crippen LogP contribution in [0, 0.1) is 5.82 Å². The Bertz CT molecular complexity index is 676. The highest BCUT2D eigenvalue weighted by Gasteiger charge is 2.09. The van der Waals surface area contributed by atoms with Crippen LogP contribution in [0.25, 0.3) is 0 Å². The maximum absolute atomic E-state index is 13.7. The van der Waals surface area contributed by atoms with E-state index < -0.39 is 5.82 Å². The SMILES string of the molecule is CCOc1ccc(OCCCC(=O)Nc2cccc(Cl)c2F)cc1. The molecule has 24 heavy (non-hydrogen) atoms. The summed E-state index contributed by atoms with van der Waals surface area (Å²) in [4.78, 5) is 11.8. The van der Waals surface area contributed by atoms with E-state index in [9.17, 15) is 9.18 Å².